The average molecular weight is 696 g/mol. The fraction of sp³-hybridized carbons (Fsp3) is 0.476. The first-order chi connectivity index (χ1) is 21.0. The summed E-state index contributed by atoms with van der Waals surface area (Å²) in [6.45, 7) is -5.77. The van der Waals surface area contributed by atoms with Crippen molar-refractivity contribution in [1.29, 1.82) is 0 Å². The maximum absolute atomic E-state index is 15.7. The Bertz CT molecular complexity index is 1820. The van der Waals surface area contributed by atoms with E-state index in [1.165, 1.54) is 21.7 Å². The average Bonchev–Trinajstić information content (AvgIpc) is 3.74. The predicted molar refractivity (Wildman–Crippen MR) is 154 cm³/mol. The number of anilines is 1. The maximum Gasteiger partial charge on any atom is 0.582 e. The summed E-state index contributed by atoms with van der Waals surface area (Å²) < 4.78 is 73.0. The van der Waals surface area contributed by atoms with E-state index in [1.54, 1.807) is 6.07 Å². The molecule has 5 N–H and O–H groups in total. The number of fused-ring (bicyclic) bond motifs is 2. The van der Waals surface area contributed by atoms with E-state index in [0.29, 0.717) is 5.39 Å². The predicted octanol–water partition coefficient (Wildman–Crippen LogP) is 1.20. The summed E-state index contributed by atoms with van der Waals surface area (Å²) in [5, 5.41) is 10.1. The highest BCUT2D eigenvalue weighted by Crippen LogP contribution is 2.51. The van der Waals surface area contributed by atoms with Crippen LogP contribution in [-0.4, -0.2) is 94.0 Å². The van der Waals surface area contributed by atoms with Gasteiger partial charge in [-0.05, 0) is 22.4 Å². The van der Waals surface area contributed by atoms with Crippen LogP contribution in [0.1, 0.15) is 12.5 Å². The number of aromatic amines is 1. The Morgan fingerprint density at radius 1 is 1.14 bits per heavy atom. The summed E-state index contributed by atoms with van der Waals surface area (Å²) >= 11 is 8.84. The lowest BCUT2D eigenvalue weighted by atomic mass is 10.1. The van der Waals surface area contributed by atoms with Gasteiger partial charge in [-0.3, -0.25) is 13.9 Å². The zero-order chi connectivity index (χ0) is 31.3. The van der Waals surface area contributed by atoms with E-state index >= 15 is 8.78 Å². The number of rotatable bonds is 10. The van der Waals surface area contributed by atoms with Gasteiger partial charge >= 0.3 is 13.9 Å². The van der Waals surface area contributed by atoms with Gasteiger partial charge in [-0.1, -0.05) is 0 Å². The number of nitrogens with two attached hydrogens (primary N) is 1. The van der Waals surface area contributed by atoms with Crippen molar-refractivity contribution in [3.05, 3.63) is 41.6 Å². The topological polar surface area (TPSA) is 224 Å². The second kappa shape index (κ2) is 12.3. The Morgan fingerprint density at radius 2 is 1.91 bits per heavy atom. The van der Waals surface area contributed by atoms with E-state index in [-0.39, 0.29) is 22.6 Å². The molecule has 2 aliphatic heterocycles. The van der Waals surface area contributed by atoms with Crippen LogP contribution in [0.4, 0.5) is 14.6 Å². The van der Waals surface area contributed by atoms with Gasteiger partial charge in [-0.25, -0.2) is 28.7 Å². The molecule has 6 rings (SSSR count). The minimum absolute atomic E-state index is 0.00936. The van der Waals surface area contributed by atoms with Crippen LogP contribution in [-0.2, 0) is 39.4 Å². The minimum atomic E-state index is -4.37. The molecule has 4 aromatic heterocycles. The number of aliphatic hydroxyl groups is 1. The summed E-state index contributed by atoms with van der Waals surface area (Å²) in [6, 6.07) is 1.56. The summed E-state index contributed by atoms with van der Waals surface area (Å²) in [6.07, 6.45) is -7.68. The summed E-state index contributed by atoms with van der Waals surface area (Å²) in [4.78, 5) is 41.4. The fourth-order valence-corrected chi connectivity index (χ4v) is 7.25. The first-order valence-corrected chi connectivity index (χ1v) is 17.6. The number of nitrogens with one attached hydrogen (secondary N) is 1. The third-order valence-electron chi connectivity index (χ3n) is 7.03. The molecule has 4 aromatic rings. The third-order valence-corrected chi connectivity index (χ3v) is 9.30. The van der Waals surface area contributed by atoms with E-state index in [4.69, 9.17) is 40.6 Å². The first-order valence-electron chi connectivity index (χ1n) is 12.6. The lowest BCUT2D eigenvalue weighted by Crippen LogP contribution is -2.34. The van der Waals surface area contributed by atoms with Gasteiger partial charge in [0.05, 0.1) is 31.3 Å². The van der Waals surface area contributed by atoms with Crippen molar-refractivity contribution < 1.29 is 46.4 Å². The Kier molecular flexibility index (Phi) is 8.81. The highest BCUT2D eigenvalue weighted by Gasteiger charge is 2.53. The van der Waals surface area contributed by atoms with Gasteiger partial charge in [0, 0.05) is 6.20 Å². The Hall–Kier alpha value is -2.55. The number of H-pyrrole nitrogens is 1. The van der Waals surface area contributed by atoms with Crippen LogP contribution in [0.5, 0.6) is 0 Å². The second-order valence-electron chi connectivity index (χ2n) is 9.62. The van der Waals surface area contributed by atoms with Crippen molar-refractivity contribution >= 4 is 66.0 Å². The Morgan fingerprint density at radius 3 is 2.66 bits per heavy atom. The number of hydrogen-bond acceptors (Lipinski definition) is 14. The molecule has 2 saturated heterocycles. The molecule has 23 heteroatoms. The molecule has 2 aliphatic rings. The molecule has 0 amide bonds. The molecule has 0 aromatic carbocycles. The summed E-state index contributed by atoms with van der Waals surface area (Å²) in [5.74, 6) is 0.154. The van der Waals surface area contributed by atoms with Crippen molar-refractivity contribution in [3.8, 4) is 0 Å². The number of halogens is 2. The first kappa shape index (κ1) is 31.4. The van der Waals surface area contributed by atoms with Crippen LogP contribution in [0.25, 0.3) is 22.2 Å². The molecule has 6 heterocycles. The van der Waals surface area contributed by atoms with Gasteiger partial charge in [0.2, 0.25) is 0 Å². The van der Waals surface area contributed by atoms with E-state index < -0.39 is 81.9 Å². The molecule has 10 atom stereocenters. The highest BCUT2D eigenvalue weighted by molar-refractivity contribution is 8.39. The summed E-state index contributed by atoms with van der Waals surface area (Å²) in [7, 11) is -2.61. The van der Waals surface area contributed by atoms with Gasteiger partial charge in [-0.15, -0.1) is 4.52 Å². The number of nitrogen functional groups attached to an aromatic ring is 1. The van der Waals surface area contributed by atoms with Crippen molar-refractivity contribution in [1.82, 2.24) is 34.1 Å². The van der Waals surface area contributed by atoms with Gasteiger partial charge in [0.1, 0.15) is 48.4 Å². The van der Waals surface area contributed by atoms with E-state index in [0.717, 1.165) is 12.7 Å². The monoisotopic (exact) mass is 695 g/mol. The molecule has 0 bridgehead atoms. The number of alkyl halides is 2. The SMILES string of the molecule is Nc1ncnc2c1ccn2[C@@H]1O[C@H](COP(O)(=S)O[C@@H]2[C@H](F)[C@@H](CO)O[C@H]2n2cnc3c(=O)[nH]cnc32)[C@@H](O[P+](=O)S)[C@@H]1F. The van der Waals surface area contributed by atoms with Crippen LogP contribution < -0.4 is 11.3 Å². The largest absolute Gasteiger partial charge is 0.582 e. The number of nitrogens with zero attached hydrogens (tertiary/aromatic N) is 6. The quantitative estimate of drug-likeness (QED) is 0.116. The smallest absolute Gasteiger partial charge is 0.394 e. The van der Waals surface area contributed by atoms with Gasteiger partial charge in [-0.2, -0.15) is 0 Å². The van der Waals surface area contributed by atoms with E-state index in [2.05, 4.69) is 37.2 Å². The van der Waals surface area contributed by atoms with E-state index in [9.17, 15) is 19.4 Å². The zero-order valence-corrected chi connectivity index (χ0v) is 25.4. The minimum Gasteiger partial charge on any atom is -0.394 e. The number of aliphatic hydroxyl groups excluding tert-OH is 1. The Balaban J connectivity index is 1.22. The van der Waals surface area contributed by atoms with Crippen LogP contribution in [0.3, 0.4) is 0 Å². The van der Waals surface area contributed by atoms with Crippen LogP contribution in [0.2, 0.25) is 0 Å². The van der Waals surface area contributed by atoms with Crippen molar-refractivity contribution in [2.24, 2.45) is 0 Å². The molecule has 0 aliphatic carbocycles. The molecule has 236 valence electrons. The molecule has 2 fully saturated rings. The molecule has 0 radical (unpaired) electrons. The molecule has 17 nitrogen and oxygen atoms in total. The second-order valence-corrected chi connectivity index (χ2v) is 14.1. The number of imidazole rings is 1. The number of hydrogen-bond donors (Lipinski definition) is 5. The molecule has 2 unspecified atom stereocenters. The molecular formula is C21H23F2N8O9P2S2+. The third kappa shape index (κ3) is 5.78. The van der Waals surface area contributed by atoms with Crippen LogP contribution in [0.15, 0.2) is 36.0 Å². The van der Waals surface area contributed by atoms with Gasteiger partial charge in [0.25, 0.3) is 5.56 Å². The normalized spacial score (nSPS) is 30.7. The van der Waals surface area contributed by atoms with Crippen LogP contribution >= 0.6 is 26.2 Å². The molecular weight excluding hydrogens is 672 g/mol. The maximum atomic E-state index is 15.7. The number of thiol groups is 1. The van der Waals surface area contributed by atoms with Crippen molar-refractivity contribution in [2.75, 3.05) is 18.9 Å². The zero-order valence-electron chi connectivity index (χ0n) is 21.9. The highest BCUT2D eigenvalue weighted by atomic mass is 32.7. The van der Waals surface area contributed by atoms with Crippen molar-refractivity contribution in [2.45, 2.75) is 49.2 Å². The number of aromatic nitrogens is 7. The van der Waals surface area contributed by atoms with Gasteiger partial charge in [0.15, 0.2) is 42.1 Å². The molecule has 44 heavy (non-hydrogen) atoms. The molecule has 0 spiro atoms. The number of ether oxygens (including phenoxy) is 2. The molecule has 0 saturated carbocycles. The Labute approximate surface area is 255 Å². The fourth-order valence-electron chi connectivity index (χ4n) is 5.06. The standard InChI is InChI=1S/C21H22F2N8O9P2S2/c22-11-9(3-32)37-21(31-7-29-13-18(31)27-6-28-19(13)33)15(11)40-42(35,44)36-4-10-14(39-41(34)43)12(23)20(38-10)30-2-1-8-16(24)25-5-26-17(8)30/h1-2,5-7,9-12,14-15,20-21,32H,3-4H2,(H4-,24,25,26,27,28,33,34,35,43,44)/p+1/t9-,10-,11-,12+,14-,15-,20-,21-,42?/m1/s1. The summed E-state index contributed by atoms with van der Waals surface area (Å²) in [5.41, 5.74) is 5.48. The van der Waals surface area contributed by atoms with Crippen LogP contribution in [0, 0.1) is 0 Å². The van der Waals surface area contributed by atoms with Gasteiger partial charge < -0.3 is 39.3 Å². The lowest BCUT2D eigenvalue weighted by molar-refractivity contribution is -0.0538. The van der Waals surface area contributed by atoms with E-state index in [1.807, 2.05) is 0 Å². The lowest BCUT2D eigenvalue weighted by Gasteiger charge is -2.26. The van der Waals surface area contributed by atoms with Crippen molar-refractivity contribution in [3.63, 3.8) is 0 Å².